The Labute approximate surface area is 92.5 Å². The van der Waals surface area contributed by atoms with Crippen LogP contribution in [0.4, 0.5) is 14.5 Å². The van der Waals surface area contributed by atoms with Gasteiger partial charge >= 0.3 is 0 Å². The molecule has 0 heterocycles. The number of benzene rings is 2. The molecular weight excluding hydrogens is 208 g/mol. The van der Waals surface area contributed by atoms with Crippen LogP contribution in [-0.2, 0) is 0 Å². The van der Waals surface area contributed by atoms with Gasteiger partial charge in [0.1, 0.15) is 11.6 Å². The maximum Gasteiger partial charge on any atom is 0.136 e. The molecule has 0 saturated carbocycles. The van der Waals surface area contributed by atoms with Crippen molar-refractivity contribution >= 4 is 5.69 Å². The van der Waals surface area contributed by atoms with Gasteiger partial charge in [0.05, 0.1) is 5.56 Å². The average molecular weight is 219 g/mol. The largest absolute Gasteiger partial charge is 0.399 e. The van der Waals surface area contributed by atoms with Crippen LogP contribution in [0.5, 0.6) is 0 Å². The third-order valence-corrected chi connectivity index (χ3v) is 2.46. The van der Waals surface area contributed by atoms with Crippen molar-refractivity contribution in [3.8, 4) is 11.1 Å². The molecule has 0 aromatic heterocycles. The van der Waals surface area contributed by atoms with Gasteiger partial charge in [-0.3, -0.25) is 0 Å². The lowest BCUT2D eigenvalue weighted by Crippen LogP contribution is -1.94. The Hall–Kier alpha value is -1.90. The summed E-state index contributed by atoms with van der Waals surface area (Å²) in [5.74, 6) is -1.11. The minimum atomic E-state index is -0.575. The third kappa shape index (κ3) is 1.76. The number of nitrogen functional groups attached to an aromatic ring is 1. The smallest absolute Gasteiger partial charge is 0.136 e. The Morgan fingerprint density at radius 3 is 2.50 bits per heavy atom. The molecule has 0 saturated heterocycles. The van der Waals surface area contributed by atoms with Gasteiger partial charge in [-0.25, -0.2) is 8.78 Å². The summed E-state index contributed by atoms with van der Waals surface area (Å²) in [4.78, 5) is 0. The van der Waals surface area contributed by atoms with E-state index in [2.05, 4.69) is 0 Å². The van der Waals surface area contributed by atoms with Gasteiger partial charge in [0.25, 0.3) is 0 Å². The quantitative estimate of drug-likeness (QED) is 0.729. The molecule has 2 aromatic rings. The zero-order valence-corrected chi connectivity index (χ0v) is 8.80. The molecule has 2 N–H and O–H groups in total. The van der Waals surface area contributed by atoms with Crippen molar-refractivity contribution in [1.82, 2.24) is 0 Å². The van der Waals surface area contributed by atoms with Crippen LogP contribution in [0.1, 0.15) is 5.56 Å². The molecule has 1 nitrogen and oxygen atoms in total. The summed E-state index contributed by atoms with van der Waals surface area (Å²) < 4.78 is 27.4. The van der Waals surface area contributed by atoms with E-state index in [9.17, 15) is 8.78 Å². The van der Waals surface area contributed by atoms with Crippen molar-refractivity contribution in [3.05, 3.63) is 53.6 Å². The number of rotatable bonds is 1. The minimum Gasteiger partial charge on any atom is -0.399 e. The lowest BCUT2D eigenvalue weighted by atomic mass is 10.0. The molecule has 2 rings (SSSR count). The summed E-state index contributed by atoms with van der Waals surface area (Å²) in [6, 6.07) is 9.22. The van der Waals surface area contributed by atoms with Crippen LogP contribution in [-0.4, -0.2) is 0 Å². The van der Waals surface area contributed by atoms with Crippen molar-refractivity contribution in [2.45, 2.75) is 6.92 Å². The highest BCUT2D eigenvalue weighted by atomic mass is 19.1. The van der Waals surface area contributed by atoms with Gasteiger partial charge in [-0.15, -0.1) is 0 Å². The first-order chi connectivity index (χ1) is 7.59. The molecule has 0 fully saturated rings. The van der Waals surface area contributed by atoms with Crippen molar-refractivity contribution in [2.24, 2.45) is 0 Å². The van der Waals surface area contributed by atoms with E-state index in [1.165, 1.54) is 12.1 Å². The molecule has 0 amide bonds. The van der Waals surface area contributed by atoms with Gasteiger partial charge in [0, 0.05) is 5.69 Å². The Kier molecular flexibility index (Phi) is 2.60. The van der Waals surface area contributed by atoms with Crippen LogP contribution in [0.3, 0.4) is 0 Å². The molecule has 2 aromatic carbocycles. The normalized spacial score (nSPS) is 10.4. The first kappa shape index (κ1) is 10.6. The van der Waals surface area contributed by atoms with E-state index in [1.54, 1.807) is 31.2 Å². The summed E-state index contributed by atoms with van der Waals surface area (Å²) in [7, 11) is 0. The van der Waals surface area contributed by atoms with Gasteiger partial charge in [-0.1, -0.05) is 18.2 Å². The number of anilines is 1. The summed E-state index contributed by atoms with van der Waals surface area (Å²) in [5.41, 5.74) is 6.93. The second-order valence-electron chi connectivity index (χ2n) is 3.68. The van der Waals surface area contributed by atoms with Crippen LogP contribution in [0.15, 0.2) is 36.4 Å². The van der Waals surface area contributed by atoms with Gasteiger partial charge in [-0.2, -0.15) is 0 Å². The molecular formula is C13H11F2N. The summed E-state index contributed by atoms with van der Waals surface area (Å²) in [6.45, 7) is 1.60. The average Bonchev–Trinajstić information content (AvgIpc) is 2.24. The maximum atomic E-state index is 13.8. The zero-order valence-electron chi connectivity index (χ0n) is 8.80. The van der Waals surface area contributed by atoms with E-state index in [0.717, 1.165) is 0 Å². The molecule has 0 aliphatic carbocycles. The van der Waals surface area contributed by atoms with E-state index in [0.29, 0.717) is 16.8 Å². The van der Waals surface area contributed by atoms with Gasteiger partial charge < -0.3 is 5.73 Å². The lowest BCUT2D eigenvalue weighted by Gasteiger charge is -2.08. The highest BCUT2D eigenvalue weighted by Gasteiger charge is 2.13. The van der Waals surface area contributed by atoms with Crippen molar-refractivity contribution < 1.29 is 8.78 Å². The second kappa shape index (κ2) is 3.93. The molecule has 3 heteroatoms. The first-order valence-corrected chi connectivity index (χ1v) is 4.90. The Balaban J connectivity index is 2.68. The minimum absolute atomic E-state index is 0.0210. The van der Waals surface area contributed by atoms with Crippen LogP contribution in [0.25, 0.3) is 11.1 Å². The summed E-state index contributed by atoms with van der Waals surface area (Å²) in [6.07, 6.45) is 0. The fourth-order valence-electron chi connectivity index (χ4n) is 1.62. The van der Waals surface area contributed by atoms with E-state index in [4.69, 9.17) is 5.73 Å². The standard InChI is InChI=1S/C13H11F2N/c1-8-5-6-11(14)12(13(8)15)9-3-2-4-10(16)7-9/h2-7H,16H2,1H3. The Morgan fingerprint density at radius 2 is 1.81 bits per heavy atom. The molecule has 16 heavy (non-hydrogen) atoms. The molecule has 0 atom stereocenters. The fourth-order valence-corrected chi connectivity index (χ4v) is 1.62. The van der Waals surface area contributed by atoms with Crippen molar-refractivity contribution in [3.63, 3.8) is 0 Å². The van der Waals surface area contributed by atoms with E-state index >= 15 is 0 Å². The number of nitrogens with two attached hydrogens (primary N) is 1. The van der Waals surface area contributed by atoms with E-state index in [1.807, 2.05) is 0 Å². The molecule has 0 aliphatic rings. The van der Waals surface area contributed by atoms with E-state index in [-0.39, 0.29) is 5.56 Å². The van der Waals surface area contributed by atoms with Crippen LogP contribution in [0.2, 0.25) is 0 Å². The van der Waals surface area contributed by atoms with Gasteiger partial charge in [0.2, 0.25) is 0 Å². The van der Waals surface area contributed by atoms with Gasteiger partial charge in [0.15, 0.2) is 0 Å². The Bertz CT molecular complexity index is 535. The third-order valence-electron chi connectivity index (χ3n) is 2.46. The number of halogens is 2. The highest BCUT2D eigenvalue weighted by molar-refractivity contribution is 5.69. The molecule has 0 aliphatic heterocycles. The predicted molar refractivity (Wildman–Crippen MR) is 60.9 cm³/mol. The SMILES string of the molecule is Cc1ccc(F)c(-c2cccc(N)c2)c1F. The molecule has 0 bridgehead atoms. The maximum absolute atomic E-state index is 13.8. The molecule has 0 spiro atoms. The molecule has 0 unspecified atom stereocenters. The highest BCUT2D eigenvalue weighted by Crippen LogP contribution is 2.28. The van der Waals surface area contributed by atoms with Crippen molar-refractivity contribution in [2.75, 3.05) is 5.73 Å². The summed E-state index contributed by atoms with van der Waals surface area (Å²) >= 11 is 0. The topological polar surface area (TPSA) is 26.0 Å². The van der Waals surface area contributed by atoms with Crippen LogP contribution >= 0.6 is 0 Å². The molecule has 0 radical (unpaired) electrons. The van der Waals surface area contributed by atoms with E-state index < -0.39 is 11.6 Å². The summed E-state index contributed by atoms with van der Waals surface area (Å²) in [5, 5.41) is 0. The zero-order chi connectivity index (χ0) is 11.7. The van der Waals surface area contributed by atoms with Crippen LogP contribution in [0, 0.1) is 18.6 Å². The molecule has 82 valence electrons. The second-order valence-corrected chi connectivity index (χ2v) is 3.68. The van der Waals surface area contributed by atoms with Crippen LogP contribution < -0.4 is 5.73 Å². The predicted octanol–water partition coefficient (Wildman–Crippen LogP) is 3.52. The van der Waals surface area contributed by atoms with Crippen molar-refractivity contribution in [1.29, 1.82) is 0 Å². The number of aryl methyl sites for hydroxylation is 1. The number of hydrogen-bond donors (Lipinski definition) is 1. The number of hydrogen-bond acceptors (Lipinski definition) is 1. The monoisotopic (exact) mass is 219 g/mol. The first-order valence-electron chi connectivity index (χ1n) is 4.90. The lowest BCUT2D eigenvalue weighted by molar-refractivity contribution is 0.584. The fraction of sp³-hybridized carbons (Fsp3) is 0.0769. The van der Waals surface area contributed by atoms with Gasteiger partial charge in [-0.05, 0) is 36.2 Å². The Morgan fingerprint density at radius 1 is 1.06 bits per heavy atom.